The molecule has 3 aromatic rings. The zero-order valence-corrected chi connectivity index (χ0v) is 11.5. The number of H-pyrrole nitrogens is 1. The number of rotatable bonds is 3. The van der Waals surface area contributed by atoms with Crippen LogP contribution in [0.15, 0.2) is 23.8 Å². The van der Waals surface area contributed by atoms with Crippen LogP contribution in [0.4, 0.5) is 0 Å². The largest absolute Gasteiger partial charge is 0.329 e. The summed E-state index contributed by atoms with van der Waals surface area (Å²) in [6, 6.07) is 1.98. The second-order valence-corrected chi connectivity index (χ2v) is 5.45. The lowest BCUT2D eigenvalue weighted by Gasteiger charge is -2.02. The summed E-state index contributed by atoms with van der Waals surface area (Å²) in [7, 11) is 0. The second kappa shape index (κ2) is 4.62. The Bertz CT molecular complexity index is 724. The zero-order chi connectivity index (χ0) is 12.5. The summed E-state index contributed by atoms with van der Waals surface area (Å²) in [6.07, 6.45) is 4.53. The number of imidazole rings is 1. The first-order chi connectivity index (χ1) is 8.75. The van der Waals surface area contributed by atoms with E-state index in [9.17, 15) is 0 Å². The van der Waals surface area contributed by atoms with Gasteiger partial charge in [-0.3, -0.25) is 0 Å². The van der Waals surface area contributed by atoms with Crippen LogP contribution >= 0.6 is 23.6 Å². The van der Waals surface area contributed by atoms with Crippen LogP contribution in [0.3, 0.4) is 0 Å². The summed E-state index contributed by atoms with van der Waals surface area (Å²) < 4.78 is 2.77. The van der Waals surface area contributed by atoms with E-state index in [0.717, 1.165) is 33.9 Å². The molecule has 0 aliphatic heterocycles. The summed E-state index contributed by atoms with van der Waals surface area (Å²) in [4.78, 5) is 11.9. The maximum atomic E-state index is 5.36. The molecule has 0 saturated heterocycles. The van der Waals surface area contributed by atoms with Gasteiger partial charge in [-0.1, -0.05) is 0 Å². The van der Waals surface area contributed by atoms with Crippen LogP contribution in [0.1, 0.15) is 10.6 Å². The van der Waals surface area contributed by atoms with Crippen LogP contribution < -0.4 is 0 Å². The molecule has 4 nitrogen and oxygen atoms in total. The molecular weight excluding hydrogens is 264 g/mol. The van der Waals surface area contributed by atoms with Gasteiger partial charge < -0.3 is 9.55 Å². The molecule has 0 saturated carbocycles. The van der Waals surface area contributed by atoms with Crippen molar-refractivity contribution in [1.82, 2.24) is 19.5 Å². The van der Waals surface area contributed by atoms with Crippen molar-refractivity contribution in [2.75, 3.05) is 0 Å². The molecule has 3 heterocycles. The van der Waals surface area contributed by atoms with Gasteiger partial charge >= 0.3 is 0 Å². The third-order valence-electron chi connectivity index (χ3n) is 2.90. The van der Waals surface area contributed by atoms with Crippen molar-refractivity contribution in [1.29, 1.82) is 0 Å². The molecule has 92 valence electrons. The minimum absolute atomic E-state index is 0.725. The first kappa shape index (κ1) is 11.6. The van der Waals surface area contributed by atoms with E-state index in [-0.39, 0.29) is 0 Å². The monoisotopic (exact) mass is 276 g/mol. The second-order valence-electron chi connectivity index (χ2n) is 4.08. The van der Waals surface area contributed by atoms with E-state index < -0.39 is 0 Å². The highest BCUT2D eigenvalue weighted by Crippen LogP contribution is 2.16. The number of nitrogens with zero attached hydrogens (tertiary/aromatic N) is 3. The van der Waals surface area contributed by atoms with Gasteiger partial charge in [-0.2, -0.15) is 0 Å². The SMILES string of the molecule is Cc1ccnc2c1[nH]c(=S)n2CCc1nccs1. The van der Waals surface area contributed by atoms with E-state index in [1.165, 1.54) is 5.56 Å². The van der Waals surface area contributed by atoms with E-state index in [0.29, 0.717) is 0 Å². The summed E-state index contributed by atoms with van der Waals surface area (Å²) in [6.45, 7) is 2.86. The molecule has 0 aliphatic rings. The van der Waals surface area contributed by atoms with Crippen LogP contribution in [-0.2, 0) is 13.0 Å². The Morgan fingerprint density at radius 1 is 1.39 bits per heavy atom. The highest BCUT2D eigenvalue weighted by Gasteiger charge is 2.07. The fraction of sp³-hybridized carbons (Fsp3) is 0.250. The van der Waals surface area contributed by atoms with Gasteiger partial charge in [0.05, 0.1) is 10.5 Å². The minimum Gasteiger partial charge on any atom is -0.329 e. The molecule has 0 fully saturated rings. The van der Waals surface area contributed by atoms with Crippen LogP contribution in [0.25, 0.3) is 11.2 Å². The van der Waals surface area contributed by atoms with Crippen molar-refractivity contribution in [3.63, 3.8) is 0 Å². The van der Waals surface area contributed by atoms with E-state index in [2.05, 4.69) is 21.9 Å². The van der Waals surface area contributed by atoms with Crippen molar-refractivity contribution >= 4 is 34.7 Å². The lowest BCUT2D eigenvalue weighted by atomic mass is 10.3. The van der Waals surface area contributed by atoms with Gasteiger partial charge in [-0.25, -0.2) is 9.97 Å². The van der Waals surface area contributed by atoms with E-state index in [4.69, 9.17) is 12.2 Å². The Labute approximate surface area is 113 Å². The van der Waals surface area contributed by atoms with Crippen LogP contribution in [0.2, 0.25) is 0 Å². The van der Waals surface area contributed by atoms with Gasteiger partial charge in [-0.05, 0) is 30.8 Å². The molecule has 18 heavy (non-hydrogen) atoms. The van der Waals surface area contributed by atoms with E-state index in [1.807, 2.05) is 28.4 Å². The Balaban J connectivity index is 1.99. The normalized spacial score (nSPS) is 11.2. The first-order valence-electron chi connectivity index (χ1n) is 5.68. The standard InChI is InChI=1S/C12H12N4S2/c1-8-2-4-14-11-10(8)15-12(17)16(11)6-3-9-13-5-7-18-9/h2,4-5,7H,3,6H2,1H3,(H,15,17). The van der Waals surface area contributed by atoms with Gasteiger partial charge in [0.1, 0.15) is 0 Å². The highest BCUT2D eigenvalue weighted by atomic mass is 32.1. The average Bonchev–Trinajstić information content (AvgIpc) is 2.95. The Morgan fingerprint density at radius 3 is 3.06 bits per heavy atom. The number of aromatic nitrogens is 4. The molecule has 6 heteroatoms. The lowest BCUT2D eigenvalue weighted by Crippen LogP contribution is -2.02. The number of aryl methyl sites for hydroxylation is 3. The van der Waals surface area contributed by atoms with Crippen LogP contribution in [0, 0.1) is 11.7 Å². The Hall–Kier alpha value is -1.53. The minimum atomic E-state index is 0.725. The number of hydrogen-bond acceptors (Lipinski definition) is 4. The highest BCUT2D eigenvalue weighted by molar-refractivity contribution is 7.71. The van der Waals surface area contributed by atoms with E-state index in [1.54, 1.807) is 11.3 Å². The molecule has 1 N–H and O–H groups in total. The topological polar surface area (TPSA) is 46.5 Å². The third-order valence-corrected chi connectivity index (χ3v) is 4.07. The molecule has 0 amide bonds. The molecule has 0 radical (unpaired) electrons. The van der Waals surface area contributed by atoms with Gasteiger partial charge in [0.15, 0.2) is 10.4 Å². The molecule has 0 bridgehead atoms. The molecule has 0 spiro atoms. The molecule has 3 rings (SSSR count). The van der Waals surface area contributed by atoms with Gasteiger partial charge in [0.25, 0.3) is 0 Å². The quantitative estimate of drug-likeness (QED) is 0.748. The van der Waals surface area contributed by atoms with Crippen LogP contribution in [-0.4, -0.2) is 19.5 Å². The zero-order valence-electron chi connectivity index (χ0n) is 9.88. The van der Waals surface area contributed by atoms with Crippen molar-refractivity contribution in [3.8, 4) is 0 Å². The molecule has 0 atom stereocenters. The smallest absolute Gasteiger partial charge is 0.179 e. The average molecular weight is 276 g/mol. The maximum absolute atomic E-state index is 5.36. The van der Waals surface area contributed by atoms with E-state index >= 15 is 0 Å². The summed E-state index contributed by atoms with van der Waals surface area (Å²) in [5.41, 5.74) is 3.12. The van der Waals surface area contributed by atoms with Gasteiger partial charge in [0, 0.05) is 30.7 Å². The number of hydrogen-bond donors (Lipinski definition) is 1. The molecule has 0 unspecified atom stereocenters. The number of pyridine rings is 1. The maximum Gasteiger partial charge on any atom is 0.179 e. The summed E-state index contributed by atoms with van der Waals surface area (Å²) in [5.74, 6) is 0. The number of fused-ring (bicyclic) bond motifs is 1. The lowest BCUT2D eigenvalue weighted by molar-refractivity contribution is 0.698. The molecular formula is C12H12N4S2. The number of thiazole rings is 1. The number of aromatic amines is 1. The molecule has 3 aromatic heterocycles. The molecule has 0 aromatic carbocycles. The first-order valence-corrected chi connectivity index (χ1v) is 6.97. The van der Waals surface area contributed by atoms with Gasteiger partial charge in [0.2, 0.25) is 0 Å². The summed E-state index contributed by atoms with van der Waals surface area (Å²) >= 11 is 7.03. The van der Waals surface area contributed by atoms with Crippen LogP contribution in [0.5, 0.6) is 0 Å². The fourth-order valence-electron chi connectivity index (χ4n) is 1.96. The summed E-state index contributed by atoms with van der Waals surface area (Å²) in [5, 5.41) is 3.12. The fourth-order valence-corrected chi connectivity index (χ4v) is 2.85. The Morgan fingerprint density at radius 2 is 2.28 bits per heavy atom. The third kappa shape index (κ3) is 1.97. The number of nitrogens with one attached hydrogen (secondary N) is 1. The van der Waals surface area contributed by atoms with Gasteiger partial charge in [-0.15, -0.1) is 11.3 Å². The van der Waals surface area contributed by atoms with Crippen molar-refractivity contribution in [2.24, 2.45) is 0 Å². The van der Waals surface area contributed by atoms with Crippen molar-refractivity contribution in [2.45, 2.75) is 19.9 Å². The predicted molar refractivity (Wildman–Crippen MR) is 75.5 cm³/mol. The van der Waals surface area contributed by atoms with Crippen molar-refractivity contribution < 1.29 is 0 Å². The predicted octanol–water partition coefficient (Wildman–Crippen LogP) is 3.10. The van der Waals surface area contributed by atoms with Crippen molar-refractivity contribution in [3.05, 3.63) is 39.2 Å². The molecule has 0 aliphatic carbocycles. The Kier molecular flexibility index (Phi) is 2.97.